The number of ether oxygens (including phenoxy) is 2. The molecule has 0 spiro atoms. The highest BCUT2D eigenvalue weighted by Crippen LogP contribution is 2.38. The average molecular weight is 408 g/mol. The lowest BCUT2D eigenvalue weighted by Crippen LogP contribution is -2.59. The number of hydrogen-bond donors (Lipinski definition) is 1. The third kappa shape index (κ3) is 5.35. The van der Waals surface area contributed by atoms with Crippen molar-refractivity contribution >= 4 is 29.3 Å². The SMILES string of the molecule is C=C(C)C(=O)C(C(=O)C(=C)C)(C(=O)C(=C)C)C(O)C(CC(=O)OC)C(=O)OCC. The molecule has 0 aromatic carbocycles. The number of esters is 2. The Morgan fingerprint density at radius 1 is 0.897 bits per heavy atom. The fourth-order valence-corrected chi connectivity index (χ4v) is 2.86. The lowest BCUT2D eigenvalue weighted by atomic mass is 9.63. The van der Waals surface area contributed by atoms with Gasteiger partial charge in [0.05, 0.1) is 32.2 Å². The zero-order valence-electron chi connectivity index (χ0n) is 17.5. The third-order valence-corrected chi connectivity index (χ3v) is 4.27. The molecular weight excluding hydrogens is 380 g/mol. The Labute approximate surface area is 170 Å². The fourth-order valence-electron chi connectivity index (χ4n) is 2.86. The Bertz CT molecular complexity index is 694. The van der Waals surface area contributed by atoms with Crippen molar-refractivity contribution in [2.75, 3.05) is 13.7 Å². The van der Waals surface area contributed by atoms with Crippen LogP contribution in [-0.2, 0) is 33.4 Å². The quantitative estimate of drug-likeness (QED) is 0.293. The van der Waals surface area contributed by atoms with Gasteiger partial charge >= 0.3 is 11.9 Å². The molecule has 8 heteroatoms. The van der Waals surface area contributed by atoms with Crippen molar-refractivity contribution in [3.05, 3.63) is 36.5 Å². The van der Waals surface area contributed by atoms with E-state index < -0.39 is 53.1 Å². The summed E-state index contributed by atoms with van der Waals surface area (Å²) in [5.74, 6) is -7.05. The largest absolute Gasteiger partial charge is 0.469 e. The lowest BCUT2D eigenvalue weighted by molar-refractivity contribution is -0.168. The van der Waals surface area contributed by atoms with Crippen LogP contribution in [0, 0.1) is 11.3 Å². The van der Waals surface area contributed by atoms with Crippen molar-refractivity contribution in [1.29, 1.82) is 0 Å². The summed E-state index contributed by atoms with van der Waals surface area (Å²) < 4.78 is 9.41. The lowest BCUT2D eigenvalue weighted by Gasteiger charge is -2.37. The Hall–Kier alpha value is -2.87. The van der Waals surface area contributed by atoms with Crippen molar-refractivity contribution in [1.82, 2.24) is 0 Å². The van der Waals surface area contributed by atoms with Gasteiger partial charge in [-0.15, -0.1) is 0 Å². The standard InChI is InChI=1S/C21H28O8/c1-9-29-20(27)14(10-15(22)28-8)19(26)21(16(23)11(2)3,17(24)12(4)5)18(25)13(6)7/h14,19,26H,2,4,6,9-10H2,1,3,5,7-8H3. The first kappa shape index (κ1) is 26.1. The van der Waals surface area contributed by atoms with E-state index >= 15 is 0 Å². The number of aliphatic hydroxyl groups excluding tert-OH is 1. The molecule has 0 saturated heterocycles. The highest BCUT2D eigenvalue weighted by molar-refractivity contribution is 6.35. The second-order valence-corrected chi connectivity index (χ2v) is 6.72. The van der Waals surface area contributed by atoms with Gasteiger partial charge in [0.1, 0.15) is 0 Å². The number of rotatable bonds is 12. The predicted molar refractivity (Wildman–Crippen MR) is 105 cm³/mol. The summed E-state index contributed by atoms with van der Waals surface area (Å²) in [6, 6.07) is 0. The number of hydrogen-bond acceptors (Lipinski definition) is 8. The van der Waals surface area contributed by atoms with Crippen molar-refractivity contribution in [3.8, 4) is 0 Å². The first-order valence-electron chi connectivity index (χ1n) is 8.82. The van der Waals surface area contributed by atoms with Gasteiger partial charge in [-0.3, -0.25) is 24.0 Å². The summed E-state index contributed by atoms with van der Waals surface area (Å²) >= 11 is 0. The summed E-state index contributed by atoms with van der Waals surface area (Å²) in [5, 5.41) is 11.1. The molecule has 0 radical (unpaired) electrons. The van der Waals surface area contributed by atoms with Crippen molar-refractivity contribution in [3.63, 3.8) is 0 Å². The number of aliphatic hydroxyl groups is 1. The van der Waals surface area contributed by atoms with Crippen LogP contribution in [0.25, 0.3) is 0 Å². The molecule has 0 aliphatic rings. The van der Waals surface area contributed by atoms with Crippen molar-refractivity contribution < 1.29 is 38.6 Å². The molecule has 0 fully saturated rings. The Morgan fingerprint density at radius 3 is 1.55 bits per heavy atom. The number of allylic oxidation sites excluding steroid dienone is 3. The van der Waals surface area contributed by atoms with Gasteiger partial charge < -0.3 is 14.6 Å². The number of methoxy groups -OCH3 is 1. The van der Waals surface area contributed by atoms with E-state index in [2.05, 4.69) is 24.5 Å². The molecular formula is C21H28O8. The number of Topliss-reactive ketones (excluding diaryl/α,β-unsaturated/α-hetero) is 3. The number of ketones is 3. The Morgan fingerprint density at radius 2 is 1.28 bits per heavy atom. The van der Waals surface area contributed by atoms with Crippen molar-refractivity contribution in [2.45, 2.75) is 40.2 Å². The van der Waals surface area contributed by atoms with E-state index in [1.54, 1.807) is 0 Å². The maximum Gasteiger partial charge on any atom is 0.312 e. The Kier molecular flexibility index (Phi) is 9.56. The van der Waals surface area contributed by atoms with Gasteiger partial charge in [0.2, 0.25) is 0 Å². The van der Waals surface area contributed by atoms with Gasteiger partial charge in [-0.2, -0.15) is 0 Å². The molecule has 29 heavy (non-hydrogen) atoms. The Balaban J connectivity index is 7.01. The average Bonchev–Trinajstić information content (AvgIpc) is 2.65. The molecule has 0 bridgehead atoms. The molecule has 0 heterocycles. The van der Waals surface area contributed by atoms with E-state index in [0.29, 0.717) is 0 Å². The molecule has 160 valence electrons. The van der Waals surface area contributed by atoms with Gasteiger partial charge in [0, 0.05) is 0 Å². The normalized spacial score (nSPS) is 12.9. The zero-order valence-corrected chi connectivity index (χ0v) is 17.5. The smallest absolute Gasteiger partial charge is 0.312 e. The van der Waals surface area contributed by atoms with Crippen LogP contribution in [0.1, 0.15) is 34.1 Å². The van der Waals surface area contributed by atoms with Crippen LogP contribution in [0.4, 0.5) is 0 Å². The van der Waals surface area contributed by atoms with Crippen LogP contribution in [-0.4, -0.2) is 54.2 Å². The minimum absolute atomic E-state index is 0.104. The van der Waals surface area contributed by atoms with E-state index in [1.165, 1.54) is 27.7 Å². The molecule has 1 N–H and O–H groups in total. The maximum absolute atomic E-state index is 13.1. The maximum atomic E-state index is 13.1. The summed E-state index contributed by atoms with van der Waals surface area (Å²) in [6.07, 6.45) is -2.98. The van der Waals surface area contributed by atoms with Crippen LogP contribution < -0.4 is 0 Å². The second-order valence-electron chi connectivity index (χ2n) is 6.72. The van der Waals surface area contributed by atoms with Gasteiger partial charge in [-0.1, -0.05) is 19.7 Å². The molecule has 0 aromatic heterocycles. The molecule has 0 saturated carbocycles. The summed E-state index contributed by atoms with van der Waals surface area (Å²) in [5.41, 5.74) is -3.42. The molecule has 0 amide bonds. The summed E-state index contributed by atoms with van der Waals surface area (Å²) in [6.45, 7) is 15.6. The predicted octanol–water partition coefficient (Wildman–Crippen LogP) is 1.51. The van der Waals surface area contributed by atoms with Crippen LogP contribution >= 0.6 is 0 Å². The topological polar surface area (TPSA) is 124 Å². The van der Waals surface area contributed by atoms with E-state index in [1.807, 2.05) is 0 Å². The van der Waals surface area contributed by atoms with Crippen molar-refractivity contribution in [2.24, 2.45) is 11.3 Å². The molecule has 8 nitrogen and oxygen atoms in total. The first-order valence-corrected chi connectivity index (χ1v) is 8.82. The van der Waals surface area contributed by atoms with E-state index in [9.17, 15) is 29.1 Å². The van der Waals surface area contributed by atoms with E-state index in [0.717, 1.165) is 7.11 Å². The molecule has 2 unspecified atom stereocenters. The zero-order chi connectivity index (χ0) is 23.1. The van der Waals surface area contributed by atoms with E-state index in [4.69, 9.17) is 4.74 Å². The monoisotopic (exact) mass is 408 g/mol. The summed E-state index contributed by atoms with van der Waals surface area (Å²) in [7, 11) is 1.06. The minimum Gasteiger partial charge on any atom is -0.469 e. The van der Waals surface area contributed by atoms with Crippen LogP contribution in [0.2, 0.25) is 0 Å². The molecule has 0 aromatic rings. The first-order chi connectivity index (χ1) is 13.3. The number of carbonyl (C=O) groups is 5. The van der Waals surface area contributed by atoms with Gasteiger partial charge in [-0.05, 0) is 44.4 Å². The summed E-state index contributed by atoms with van der Waals surface area (Å²) in [4.78, 5) is 63.6. The van der Waals surface area contributed by atoms with Gasteiger partial charge in [-0.25, -0.2) is 0 Å². The fraction of sp³-hybridized carbons (Fsp3) is 0.476. The van der Waals surface area contributed by atoms with Crippen LogP contribution in [0.15, 0.2) is 36.5 Å². The molecule has 0 aliphatic carbocycles. The number of carbonyl (C=O) groups excluding carboxylic acids is 5. The van der Waals surface area contributed by atoms with Gasteiger partial charge in [0.15, 0.2) is 22.8 Å². The highest BCUT2D eigenvalue weighted by Gasteiger charge is 2.60. The molecule has 2 atom stereocenters. The molecule has 0 rings (SSSR count). The molecule has 0 aliphatic heterocycles. The third-order valence-electron chi connectivity index (χ3n) is 4.27. The highest BCUT2D eigenvalue weighted by atomic mass is 16.5. The second kappa shape index (κ2) is 10.6. The van der Waals surface area contributed by atoms with Crippen LogP contribution in [0.3, 0.4) is 0 Å². The van der Waals surface area contributed by atoms with E-state index in [-0.39, 0.29) is 23.3 Å². The minimum atomic E-state index is -2.78. The van der Waals surface area contributed by atoms with Crippen LogP contribution in [0.5, 0.6) is 0 Å². The van der Waals surface area contributed by atoms with Gasteiger partial charge in [0.25, 0.3) is 0 Å².